The Morgan fingerprint density at radius 2 is 2.11 bits per heavy atom. The van der Waals surface area contributed by atoms with Gasteiger partial charge in [0, 0.05) is 19.6 Å². The van der Waals surface area contributed by atoms with E-state index >= 15 is 0 Å². The van der Waals surface area contributed by atoms with Gasteiger partial charge in [-0.2, -0.15) is 0 Å². The summed E-state index contributed by atoms with van der Waals surface area (Å²) in [5, 5.41) is 8.73. The molecule has 2 rings (SSSR count). The van der Waals surface area contributed by atoms with Gasteiger partial charge in [0.1, 0.15) is 5.82 Å². The van der Waals surface area contributed by atoms with Crippen LogP contribution in [0.25, 0.3) is 0 Å². The number of ether oxygens (including phenoxy) is 1. The molecule has 0 radical (unpaired) electrons. The molecule has 106 valence electrons. The number of benzene rings is 1. The van der Waals surface area contributed by atoms with Gasteiger partial charge in [0.05, 0.1) is 19.3 Å². The number of nitrogens with zero attached hydrogens (tertiary/aromatic N) is 1. The van der Waals surface area contributed by atoms with E-state index in [9.17, 15) is 4.39 Å². The SMILES string of the molecule is Cc1ccc(F)cc1CN1CCC(OCCO)CC1. The maximum absolute atomic E-state index is 13.2. The van der Waals surface area contributed by atoms with Crippen molar-refractivity contribution >= 4 is 0 Å². The molecule has 1 aromatic carbocycles. The van der Waals surface area contributed by atoms with Crippen LogP contribution in [0.1, 0.15) is 24.0 Å². The lowest BCUT2D eigenvalue weighted by Crippen LogP contribution is -2.37. The number of aliphatic hydroxyl groups excluding tert-OH is 1. The molecule has 0 unspecified atom stereocenters. The zero-order valence-corrected chi connectivity index (χ0v) is 11.4. The Morgan fingerprint density at radius 3 is 2.79 bits per heavy atom. The van der Waals surface area contributed by atoms with E-state index < -0.39 is 0 Å². The van der Waals surface area contributed by atoms with Gasteiger partial charge in [0.25, 0.3) is 0 Å². The standard InChI is InChI=1S/C15H22FNO2/c1-12-2-3-14(16)10-13(12)11-17-6-4-15(5-7-17)19-9-8-18/h2-3,10,15,18H,4-9,11H2,1H3. The minimum Gasteiger partial charge on any atom is -0.394 e. The molecule has 0 aromatic heterocycles. The third-order valence-corrected chi connectivity index (χ3v) is 3.68. The fourth-order valence-corrected chi connectivity index (χ4v) is 2.50. The summed E-state index contributed by atoms with van der Waals surface area (Å²) in [6.45, 7) is 5.26. The molecule has 1 aliphatic heterocycles. The maximum atomic E-state index is 13.2. The van der Waals surface area contributed by atoms with Gasteiger partial charge in [-0.25, -0.2) is 4.39 Å². The molecule has 0 amide bonds. The normalized spacial score (nSPS) is 17.8. The molecule has 0 aliphatic carbocycles. The predicted octanol–water partition coefficient (Wildman–Crippen LogP) is 2.11. The Balaban J connectivity index is 1.83. The molecular formula is C15H22FNO2. The molecule has 1 aliphatic rings. The van der Waals surface area contributed by atoms with Crippen LogP contribution in [-0.4, -0.2) is 42.4 Å². The highest BCUT2D eigenvalue weighted by atomic mass is 19.1. The average molecular weight is 267 g/mol. The lowest BCUT2D eigenvalue weighted by molar-refractivity contribution is -0.00904. The Morgan fingerprint density at radius 1 is 1.37 bits per heavy atom. The van der Waals surface area contributed by atoms with E-state index in [1.165, 1.54) is 6.07 Å². The van der Waals surface area contributed by atoms with Crippen LogP contribution in [0.4, 0.5) is 4.39 Å². The van der Waals surface area contributed by atoms with Crippen molar-refractivity contribution in [3.05, 3.63) is 35.1 Å². The number of hydrogen-bond donors (Lipinski definition) is 1. The maximum Gasteiger partial charge on any atom is 0.123 e. The topological polar surface area (TPSA) is 32.7 Å². The lowest BCUT2D eigenvalue weighted by Gasteiger charge is -2.32. The first-order valence-corrected chi connectivity index (χ1v) is 6.89. The number of piperidine rings is 1. The van der Waals surface area contributed by atoms with Crippen molar-refractivity contribution in [1.29, 1.82) is 0 Å². The zero-order valence-electron chi connectivity index (χ0n) is 11.4. The second kappa shape index (κ2) is 6.98. The Bertz CT molecular complexity index is 403. The molecule has 1 aromatic rings. The van der Waals surface area contributed by atoms with Crippen LogP contribution in [0.15, 0.2) is 18.2 Å². The molecule has 0 atom stereocenters. The van der Waals surface area contributed by atoms with Crippen LogP contribution in [0.3, 0.4) is 0 Å². The van der Waals surface area contributed by atoms with Crippen molar-refractivity contribution in [3.63, 3.8) is 0 Å². The van der Waals surface area contributed by atoms with Crippen molar-refractivity contribution in [1.82, 2.24) is 4.90 Å². The second-order valence-corrected chi connectivity index (χ2v) is 5.14. The first-order chi connectivity index (χ1) is 9.19. The van der Waals surface area contributed by atoms with Crippen LogP contribution in [0.2, 0.25) is 0 Å². The number of aryl methyl sites for hydroxylation is 1. The van der Waals surface area contributed by atoms with Gasteiger partial charge in [-0.05, 0) is 43.0 Å². The zero-order chi connectivity index (χ0) is 13.7. The van der Waals surface area contributed by atoms with E-state index in [0.29, 0.717) is 6.61 Å². The van der Waals surface area contributed by atoms with Gasteiger partial charge in [-0.3, -0.25) is 4.90 Å². The van der Waals surface area contributed by atoms with Gasteiger partial charge >= 0.3 is 0 Å². The molecule has 4 heteroatoms. The van der Waals surface area contributed by atoms with Crippen LogP contribution in [0, 0.1) is 12.7 Å². The van der Waals surface area contributed by atoms with Crippen LogP contribution in [-0.2, 0) is 11.3 Å². The van der Waals surface area contributed by atoms with Gasteiger partial charge < -0.3 is 9.84 Å². The number of halogens is 1. The van der Waals surface area contributed by atoms with E-state index in [-0.39, 0.29) is 18.5 Å². The summed E-state index contributed by atoms with van der Waals surface area (Å²) in [7, 11) is 0. The molecule has 3 nitrogen and oxygen atoms in total. The summed E-state index contributed by atoms with van der Waals surface area (Å²) >= 11 is 0. The summed E-state index contributed by atoms with van der Waals surface area (Å²) in [5.74, 6) is -0.165. The van der Waals surface area contributed by atoms with Crippen molar-refractivity contribution in [2.45, 2.75) is 32.4 Å². The molecule has 1 saturated heterocycles. The molecular weight excluding hydrogens is 245 g/mol. The first-order valence-electron chi connectivity index (χ1n) is 6.89. The van der Waals surface area contributed by atoms with Crippen LogP contribution >= 0.6 is 0 Å². The summed E-state index contributed by atoms with van der Waals surface area (Å²) in [5.41, 5.74) is 2.20. The predicted molar refractivity (Wildman–Crippen MR) is 72.5 cm³/mol. The quantitative estimate of drug-likeness (QED) is 0.887. The summed E-state index contributed by atoms with van der Waals surface area (Å²) < 4.78 is 18.8. The molecule has 0 spiro atoms. The van der Waals surface area contributed by atoms with Crippen molar-refractivity contribution in [2.24, 2.45) is 0 Å². The summed E-state index contributed by atoms with van der Waals surface area (Å²) in [6.07, 6.45) is 2.22. The van der Waals surface area contributed by atoms with Gasteiger partial charge in [0.15, 0.2) is 0 Å². The minimum atomic E-state index is -0.165. The van der Waals surface area contributed by atoms with E-state index in [1.54, 1.807) is 6.07 Å². The number of likely N-dealkylation sites (tertiary alicyclic amines) is 1. The number of hydrogen-bond acceptors (Lipinski definition) is 3. The average Bonchev–Trinajstić information content (AvgIpc) is 2.42. The van der Waals surface area contributed by atoms with E-state index in [1.807, 2.05) is 13.0 Å². The second-order valence-electron chi connectivity index (χ2n) is 5.14. The van der Waals surface area contributed by atoms with Crippen molar-refractivity contribution < 1.29 is 14.2 Å². The lowest BCUT2D eigenvalue weighted by atomic mass is 10.0. The highest BCUT2D eigenvalue weighted by molar-refractivity contribution is 5.26. The first kappa shape index (κ1) is 14.4. The van der Waals surface area contributed by atoms with Crippen LogP contribution in [0.5, 0.6) is 0 Å². The molecule has 1 heterocycles. The van der Waals surface area contributed by atoms with Gasteiger partial charge in [0.2, 0.25) is 0 Å². The number of rotatable bonds is 5. The fraction of sp³-hybridized carbons (Fsp3) is 0.600. The van der Waals surface area contributed by atoms with Gasteiger partial charge in [-0.1, -0.05) is 6.07 Å². The monoisotopic (exact) mass is 267 g/mol. The minimum absolute atomic E-state index is 0.0860. The molecule has 1 fully saturated rings. The number of aliphatic hydroxyl groups is 1. The Labute approximate surface area is 114 Å². The van der Waals surface area contributed by atoms with Crippen molar-refractivity contribution in [2.75, 3.05) is 26.3 Å². The molecule has 19 heavy (non-hydrogen) atoms. The Hall–Kier alpha value is -0.970. The van der Waals surface area contributed by atoms with Crippen molar-refractivity contribution in [3.8, 4) is 0 Å². The van der Waals surface area contributed by atoms with E-state index in [4.69, 9.17) is 9.84 Å². The highest BCUT2D eigenvalue weighted by Gasteiger charge is 2.19. The van der Waals surface area contributed by atoms with Gasteiger partial charge in [-0.15, -0.1) is 0 Å². The largest absolute Gasteiger partial charge is 0.394 e. The third kappa shape index (κ3) is 4.27. The smallest absolute Gasteiger partial charge is 0.123 e. The van der Waals surface area contributed by atoms with E-state index in [2.05, 4.69) is 4.90 Å². The molecule has 0 bridgehead atoms. The molecule has 0 saturated carbocycles. The van der Waals surface area contributed by atoms with Crippen LogP contribution < -0.4 is 0 Å². The van der Waals surface area contributed by atoms with E-state index in [0.717, 1.165) is 43.6 Å². The molecule has 1 N–H and O–H groups in total. The Kier molecular flexibility index (Phi) is 5.31. The summed E-state index contributed by atoms with van der Waals surface area (Å²) in [4.78, 5) is 2.33. The third-order valence-electron chi connectivity index (χ3n) is 3.68. The highest BCUT2D eigenvalue weighted by Crippen LogP contribution is 2.18. The summed E-state index contributed by atoms with van der Waals surface area (Å²) in [6, 6.07) is 4.97. The fourth-order valence-electron chi connectivity index (χ4n) is 2.50.